The van der Waals surface area contributed by atoms with Crippen LogP contribution in [0.4, 0.5) is 0 Å². The number of fused-ring (bicyclic) bond motifs is 3. The number of rotatable bonds is 1. The highest BCUT2D eigenvalue weighted by Crippen LogP contribution is 2.49. The van der Waals surface area contributed by atoms with Gasteiger partial charge in [0.1, 0.15) is 0 Å². The van der Waals surface area contributed by atoms with E-state index in [2.05, 4.69) is 80.6 Å². The topological polar surface area (TPSA) is 25.8 Å². The summed E-state index contributed by atoms with van der Waals surface area (Å²) < 4.78 is 0. The van der Waals surface area contributed by atoms with E-state index in [1.54, 1.807) is 0 Å². The lowest BCUT2D eigenvalue weighted by Crippen LogP contribution is -2.24. The van der Waals surface area contributed by atoms with E-state index in [4.69, 9.17) is 9.97 Å². The molecule has 0 saturated heterocycles. The molecular formula is C27H20N2. The lowest BCUT2D eigenvalue weighted by atomic mass is 9.69. The van der Waals surface area contributed by atoms with Gasteiger partial charge < -0.3 is 0 Å². The second kappa shape index (κ2) is 5.74. The second-order valence-electron chi connectivity index (χ2n) is 8.34. The summed E-state index contributed by atoms with van der Waals surface area (Å²) in [7, 11) is 0. The van der Waals surface area contributed by atoms with Crippen molar-refractivity contribution in [2.45, 2.75) is 19.3 Å². The molecule has 1 aliphatic carbocycles. The smallest absolute Gasteiger partial charge is 0.0802 e. The van der Waals surface area contributed by atoms with Crippen molar-refractivity contribution in [1.29, 1.82) is 0 Å². The van der Waals surface area contributed by atoms with Gasteiger partial charge in [-0.2, -0.15) is 0 Å². The Morgan fingerprint density at radius 1 is 0.724 bits per heavy atom. The Bertz CT molecular complexity index is 1420. The van der Waals surface area contributed by atoms with E-state index in [-0.39, 0.29) is 5.41 Å². The van der Waals surface area contributed by atoms with E-state index in [0.717, 1.165) is 22.5 Å². The zero-order chi connectivity index (χ0) is 19.6. The summed E-state index contributed by atoms with van der Waals surface area (Å²) in [4.78, 5) is 9.82. The monoisotopic (exact) mass is 372 g/mol. The number of aromatic nitrogens is 2. The van der Waals surface area contributed by atoms with Crippen LogP contribution in [-0.2, 0) is 5.41 Å². The van der Waals surface area contributed by atoms with E-state index >= 15 is 0 Å². The molecule has 29 heavy (non-hydrogen) atoms. The summed E-state index contributed by atoms with van der Waals surface area (Å²) in [5, 5.41) is 3.70. The summed E-state index contributed by atoms with van der Waals surface area (Å²) in [5.41, 5.74) is 7.93. The van der Waals surface area contributed by atoms with Gasteiger partial charge in [-0.25, -0.2) is 4.98 Å². The molecule has 0 bridgehead atoms. The maximum Gasteiger partial charge on any atom is 0.0802 e. The van der Waals surface area contributed by atoms with Gasteiger partial charge in [0.05, 0.1) is 16.9 Å². The van der Waals surface area contributed by atoms with Crippen LogP contribution in [0.25, 0.3) is 44.2 Å². The Balaban J connectivity index is 1.74. The van der Waals surface area contributed by atoms with Crippen molar-refractivity contribution in [2.75, 3.05) is 0 Å². The van der Waals surface area contributed by atoms with Crippen molar-refractivity contribution in [3.63, 3.8) is 0 Å². The first kappa shape index (κ1) is 16.4. The Morgan fingerprint density at radius 3 is 2.24 bits per heavy atom. The molecular weight excluding hydrogens is 352 g/mol. The molecule has 0 N–H and O–H groups in total. The third kappa shape index (κ3) is 2.29. The molecule has 1 aliphatic rings. The standard InChI is InChI=1S/C27H20N2/c1-27(2)21-15-19-11-7-6-10-18(19)14-20(21)26-25-22(27)16-24(17-8-4-3-5-9-17)29-23(25)12-13-28-26/h3-16H,1-2H3. The van der Waals surface area contributed by atoms with Gasteiger partial charge in [0.25, 0.3) is 0 Å². The Hall–Kier alpha value is -3.52. The van der Waals surface area contributed by atoms with Crippen LogP contribution in [0.3, 0.4) is 0 Å². The molecule has 0 fully saturated rings. The first-order valence-corrected chi connectivity index (χ1v) is 10.0. The van der Waals surface area contributed by atoms with Gasteiger partial charge in [0.2, 0.25) is 0 Å². The van der Waals surface area contributed by atoms with E-state index < -0.39 is 0 Å². The Kier molecular flexibility index (Phi) is 3.25. The first-order chi connectivity index (χ1) is 14.1. The normalized spacial score (nSPS) is 14.1. The van der Waals surface area contributed by atoms with Gasteiger partial charge >= 0.3 is 0 Å². The molecule has 2 heteroatoms. The summed E-state index contributed by atoms with van der Waals surface area (Å²) in [5.74, 6) is 0. The summed E-state index contributed by atoms with van der Waals surface area (Å²) in [6.45, 7) is 4.64. The third-order valence-electron chi connectivity index (χ3n) is 6.28. The number of hydrogen-bond acceptors (Lipinski definition) is 2. The highest BCUT2D eigenvalue weighted by molar-refractivity contribution is 6.03. The van der Waals surface area contributed by atoms with Crippen LogP contribution >= 0.6 is 0 Å². The minimum absolute atomic E-state index is 0.139. The predicted molar refractivity (Wildman–Crippen MR) is 120 cm³/mol. The lowest BCUT2D eigenvalue weighted by Gasteiger charge is -2.35. The van der Waals surface area contributed by atoms with E-state index in [1.165, 1.54) is 32.8 Å². The van der Waals surface area contributed by atoms with Gasteiger partial charge in [-0.3, -0.25) is 4.98 Å². The molecule has 0 spiro atoms. The highest BCUT2D eigenvalue weighted by atomic mass is 14.8. The van der Waals surface area contributed by atoms with Gasteiger partial charge in [0, 0.05) is 28.1 Å². The quantitative estimate of drug-likeness (QED) is 0.325. The zero-order valence-electron chi connectivity index (χ0n) is 16.5. The van der Waals surface area contributed by atoms with Crippen LogP contribution in [0.15, 0.2) is 85.1 Å². The third-order valence-corrected chi connectivity index (χ3v) is 6.28. The van der Waals surface area contributed by atoms with Crippen LogP contribution < -0.4 is 0 Å². The SMILES string of the molecule is CC1(C)c2cc3ccccc3cc2-c2nccc3nc(-c4ccccc4)cc1c23. The Morgan fingerprint density at radius 2 is 1.45 bits per heavy atom. The number of hydrogen-bond donors (Lipinski definition) is 0. The lowest BCUT2D eigenvalue weighted by molar-refractivity contribution is 0.644. The molecule has 2 heterocycles. The molecule has 0 amide bonds. The second-order valence-corrected chi connectivity index (χ2v) is 8.34. The number of benzene rings is 3. The largest absolute Gasteiger partial charge is 0.255 e. The van der Waals surface area contributed by atoms with E-state index in [9.17, 15) is 0 Å². The van der Waals surface area contributed by atoms with Crippen molar-refractivity contribution >= 4 is 21.7 Å². The van der Waals surface area contributed by atoms with E-state index in [0.29, 0.717) is 0 Å². The van der Waals surface area contributed by atoms with Crippen LogP contribution in [0.1, 0.15) is 25.0 Å². The molecule has 0 saturated carbocycles. The number of nitrogens with zero attached hydrogens (tertiary/aromatic N) is 2. The van der Waals surface area contributed by atoms with Crippen molar-refractivity contribution < 1.29 is 0 Å². The predicted octanol–water partition coefficient (Wildman–Crippen LogP) is 6.76. The molecule has 6 rings (SSSR count). The van der Waals surface area contributed by atoms with E-state index in [1.807, 2.05) is 18.3 Å². The maximum absolute atomic E-state index is 5.01. The summed E-state index contributed by atoms with van der Waals surface area (Å²) in [6.07, 6.45) is 1.89. The van der Waals surface area contributed by atoms with Crippen LogP contribution in [0.5, 0.6) is 0 Å². The highest BCUT2D eigenvalue weighted by Gasteiger charge is 2.35. The van der Waals surface area contributed by atoms with Gasteiger partial charge in [-0.1, -0.05) is 68.4 Å². The fourth-order valence-electron chi connectivity index (χ4n) is 4.73. The minimum atomic E-state index is -0.139. The molecule has 2 nitrogen and oxygen atoms in total. The van der Waals surface area contributed by atoms with Crippen LogP contribution in [0, 0.1) is 0 Å². The first-order valence-electron chi connectivity index (χ1n) is 10.0. The van der Waals surface area contributed by atoms with Crippen LogP contribution in [0.2, 0.25) is 0 Å². The van der Waals surface area contributed by atoms with Crippen molar-refractivity contribution in [2.24, 2.45) is 0 Å². The van der Waals surface area contributed by atoms with Gasteiger partial charge in [-0.05, 0) is 46.2 Å². The molecule has 5 aromatic rings. The van der Waals surface area contributed by atoms with Gasteiger partial charge in [-0.15, -0.1) is 0 Å². The molecule has 0 aliphatic heterocycles. The fraction of sp³-hybridized carbons (Fsp3) is 0.111. The van der Waals surface area contributed by atoms with Crippen LogP contribution in [-0.4, -0.2) is 9.97 Å². The molecule has 138 valence electrons. The molecule has 0 unspecified atom stereocenters. The molecule has 0 radical (unpaired) electrons. The van der Waals surface area contributed by atoms with Gasteiger partial charge in [0.15, 0.2) is 0 Å². The fourth-order valence-corrected chi connectivity index (χ4v) is 4.73. The summed E-state index contributed by atoms with van der Waals surface area (Å²) in [6, 6.07) is 27.9. The molecule has 0 atom stereocenters. The molecule has 3 aromatic carbocycles. The van der Waals surface area contributed by atoms with Crippen molar-refractivity contribution in [1.82, 2.24) is 9.97 Å². The minimum Gasteiger partial charge on any atom is -0.255 e. The Labute approximate surface area is 169 Å². The average Bonchev–Trinajstić information content (AvgIpc) is 2.77. The maximum atomic E-state index is 5.01. The summed E-state index contributed by atoms with van der Waals surface area (Å²) >= 11 is 0. The zero-order valence-corrected chi connectivity index (χ0v) is 16.5. The average molecular weight is 372 g/mol. The molecule has 2 aromatic heterocycles. The van der Waals surface area contributed by atoms with Crippen molar-refractivity contribution in [3.05, 3.63) is 96.2 Å². The number of pyridine rings is 2. The van der Waals surface area contributed by atoms with Crippen molar-refractivity contribution in [3.8, 4) is 22.5 Å².